The number of benzene rings is 3. The molecule has 0 saturated carbocycles. The van der Waals surface area contributed by atoms with Crippen LogP contribution in [-0.4, -0.2) is 219 Å². The number of anilines is 1. The Balaban J connectivity index is 1.10. The highest BCUT2D eigenvalue weighted by molar-refractivity contribution is 6.08. The van der Waals surface area contributed by atoms with Crippen molar-refractivity contribution in [3.8, 4) is 34.1 Å². The summed E-state index contributed by atoms with van der Waals surface area (Å²) in [5, 5.41) is 14.5. The fourth-order valence-electron chi connectivity index (χ4n) is 8.29. The van der Waals surface area contributed by atoms with Gasteiger partial charge < -0.3 is 101 Å². The van der Waals surface area contributed by atoms with E-state index in [0.717, 1.165) is 0 Å². The Morgan fingerprint density at radius 1 is 0.540 bits per heavy atom. The van der Waals surface area contributed by atoms with Crippen molar-refractivity contribution in [1.29, 1.82) is 0 Å². The molecule has 0 fully saturated rings. The number of ether oxygens (including phenoxy) is 17. The van der Waals surface area contributed by atoms with E-state index in [1.54, 1.807) is 90.5 Å². The van der Waals surface area contributed by atoms with Crippen molar-refractivity contribution in [3.63, 3.8) is 0 Å². The third-order valence-corrected chi connectivity index (χ3v) is 12.7. The first-order valence-corrected chi connectivity index (χ1v) is 29.6. The van der Waals surface area contributed by atoms with Crippen LogP contribution in [0.25, 0.3) is 22.0 Å². The van der Waals surface area contributed by atoms with E-state index in [9.17, 15) is 19.1 Å². The lowest BCUT2D eigenvalue weighted by molar-refractivity contribution is -0.0234. The number of aliphatic hydroxyl groups is 1. The van der Waals surface area contributed by atoms with Gasteiger partial charge in [0.1, 0.15) is 41.7 Å². The lowest BCUT2D eigenvalue weighted by Gasteiger charge is -2.22. The van der Waals surface area contributed by atoms with E-state index in [2.05, 4.69) is 10.3 Å². The molecule has 0 bridgehead atoms. The lowest BCUT2D eigenvalue weighted by atomic mass is 9.93. The molecule has 0 unspecified atom stereocenters. The van der Waals surface area contributed by atoms with E-state index in [4.69, 9.17) is 80.5 Å². The molecule has 87 heavy (non-hydrogen) atoms. The number of aryl methyl sites for hydroxylation is 3. The molecule has 1 amide bonds. The molecule has 23 nitrogen and oxygen atoms in total. The third kappa shape index (κ3) is 27.7. The van der Waals surface area contributed by atoms with Crippen molar-refractivity contribution in [1.82, 2.24) is 9.55 Å². The van der Waals surface area contributed by atoms with E-state index in [-0.39, 0.29) is 49.0 Å². The van der Waals surface area contributed by atoms with Crippen molar-refractivity contribution >= 4 is 22.5 Å². The molecular formula is C63H92FN3O20. The minimum absolute atomic E-state index is 0.0946. The second-order valence-corrected chi connectivity index (χ2v) is 20.0. The molecule has 486 valence electrons. The van der Waals surface area contributed by atoms with Crippen LogP contribution in [0, 0.1) is 19.7 Å². The van der Waals surface area contributed by atoms with E-state index in [1.807, 2.05) is 6.92 Å². The van der Waals surface area contributed by atoms with Gasteiger partial charge in [0, 0.05) is 55.2 Å². The molecule has 24 heteroatoms. The minimum Gasteiger partial charge on any atom is -0.487 e. The number of aromatic amines is 1. The maximum absolute atomic E-state index is 14.3. The van der Waals surface area contributed by atoms with Gasteiger partial charge in [-0.1, -0.05) is 6.07 Å². The molecule has 0 atom stereocenters. The molecule has 3 aromatic carbocycles. The molecule has 2 heterocycles. The first-order valence-electron chi connectivity index (χ1n) is 29.6. The zero-order valence-electron chi connectivity index (χ0n) is 51.8. The quantitative estimate of drug-likeness (QED) is 0.0326. The number of hydrogen-bond donors (Lipinski definition) is 3. The zero-order chi connectivity index (χ0) is 62.3. The highest BCUT2D eigenvalue weighted by atomic mass is 19.1. The van der Waals surface area contributed by atoms with Crippen molar-refractivity contribution in [2.45, 2.75) is 40.2 Å². The minimum atomic E-state index is -1.24. The fraction of sp³-hybridized carbons (Fsp3) is 0.587. The molecule has 5 aromatic rings. The summed E-state index contributed by atoms with van der Waals surface area (Å²) in [6.45, 7) is 21.2. The van der Waals surface area contributed by atoms with Crippen LogP contribution in [0.3, 0.4) is 0 Å². The van der Waals surface area contributed by atoms with E-state index in [1.165, 1.54) is 16.7 Å². The molecule has 5 rings (SSSR count). The molecule has 0 spiro atoms. The summed E-state index contributed by atoms with van der Waals surface area (Å²) < 4.78 is 111. The van der Waals surface area contributed by atoms with Crippen molar-refractivity contribution < 1.29 is 94.8 Å². The first kappa shape index (κ1) is 72.1. The van der Waals surface area contributed by atoms with Gasteiger partial charge >= 0.3 is 0 Å². The Labute approximate surface area is 510 Å². The largest absolute Gasteiger partial charge is 0.487 e. The Hall–Kier alpha value is -5.65. The average Bonchev–Trinajstić information content (AvgIpc) is 1.87. The Kier molecular flexibility index (Phi) is 35.1. The number of halogens is 1. The Morgan fingerprint density at radius 3 is 1.39 bits per heavy atom. The number of hydrogen-bond acceptors (Lipinski definition) is 20. The highest BCUT2D eigenvalue weighted by Crippen LogP contribution is 2.41. The topological polar surface area (TPSA) is 244 Å². The van der Waals surface area contributed by atoms with Gasteiger partial charge in [-0.15, -0.1) is 0 Å². The van der Waals surface area contributed by atoms with Crippen LogP contribution >= 0.6 is 0 Å². The van der Waals surface area contributed by atoms with Crippen LogP contribution in [0.5, 0.6) is 23.0 Å². The van der Waals surface area contributed by atoms with Crippen molar-refractivity contribution in [3.05, 3.63) is 99.3 Å². The van der Waals surface area contributed by atoms with Crippen molar-refractivity contribution in [2.75, 3.05) is 204 Å². The number of carbonyl (C=O) groups is 1. The van der Waals surface area contributed by atoms with E-state index < -0.39 is 11.5 Å². The molecule has 0 radical (unpaired) electrons. The predicted molar refractivity (Wildman–Crippen MR) is 324 cm³/mol. The van der Waals surface area contributed by atoms with Crippen LogP contribution < -0.4 is 25.1 Å². The number of H-pyrrole nitrogens is 1. The summed E-state index contributed by atoms with van der Waals surface area (Å²) >= 11 is 0. The second kappa shape index (κ2) is 42.3. The highest BCUT2D eigenvalue weighted by Gasteiger charge is 2.24. The van der Waals surface area contributed by atoms with Gasteiger partial charge in [0.25, 0.3) is 11.5 Å². The summed E-state index contributed by atoms with van der Waals surface area (Å²) in [4.78, 5) is 30.9. The molecule has 0 saturated heterocycles. The van der Waals surface area contributed by atoms with Gasteiger partial charge in [-0.2, -0.15) is 0 Å². The van der Waals surface area contributed by atoms with Crippen LogP contribution in [-0.2, 0) is 79.0 Å². The number of pyridine rings is 1. The van der Waals surface area contributed by atoms with Crippen molar-refractivity contribution in [2.24, 2.45) is 7.05 Å². The Morgan fingerprint density at radius 2 is 0.954 bits per heavy atom. The fourth-order valence-corrected chi connectivity index (χ4v) is 8.29. The summed E-state index contributed by atoms with van der Waals surface area (Å²) in [6.07, 6.45) is 1.65. The standard InChI is InChI=1S/C63H92FN3O20/c1-8-72-15-16-74-19-20-76-23-24-78-25-26-79-27-28-80-29-31-81-33-35-83-37-39-85-57-12-10-51(44-58(57)86-40-38-84-36-34-82-32-30-77-22-21-75-18-17-73-14-13-71-7)65-61(68)55-45-53-54(46-67(6)62(69)59(53)66-55)52-43-49(63(4,5)70)9-11-56(52)87-60-47(2)41-50(64)42-48(60)3/h9-12,41-46,66,70H,8,13-40H2,1-7H3,(H,65,68). The summed E-state index contributed by atoms with van der Waals surface area (Å²) in [5.41, 5.74) is 1.82. The van der Waals surface area contributed by atoms with Crippen LogP contribution in [0.4, 0.5) is 10.1 Å². The molecule has 3 N–H and O–H groups in total. The van der Waals surface area contributed by atoms with E-state index in [0.29, 0.717) is 227 Å². The predicted octanol–water partition coefficient (Wildman–Crippen LogP) is 7.20. The molecule has 0 aliphatic carbocycles. The summed E-state index contributed by atoms with van der Waals surface area (Å²) in [5.74, 6) is 0.651. The van der Waals surface area contributed by atoms with Gasteiger partial charge in [-0.25, -0.2) is 4.39 Å². The first-order chi connectivity index (χ1) is 42.3. The third-order valence-electron chi connectivity index (χ3n) is 12.7. The lowest BCUT2D eigenvalue weighted by Crippen LogP contribution is -2.18. The number of carbonyl (C=O) groups excluding carboxylic acids is 1. The maximum Gasteiger partial charge on any atom is 0.274 e. The normalized spacial score (nSPS) is 11.7. The number of rotatable bonds is 51. The monoisotopic (exact) mass is 1230 g/mol. The number of nitrogens with one attached hydrogen (secondary N) is 2. The number of amides is 1. The molecule has 0 aliphatic rings. The van der Waals surface area contributed by atoms with Gasteiger partial charge in [-0.05, 0) is 93.8 Å². The summed E-state index contributed by atoms with van der Waals surface area (Å²) in [7, 11) is 3.23. The smallest absolute Gasteiger partial charge is 0.274 e. The number of methoxy groups -OCH3 is 1. The van der Waals surface area contributed by atoms with Crippen LogP contribution in [0.2, 0.25) is 0 Å². The number of aromatic nitrogens is 2. The zero-order valence-corrected chi connectivity index (χ0v) is 51.8. The SMILES string of the molecule is CCOCCOCCOCCOCCOCCOCCOCCOCCOc1ccc(NC(=O)c2cc3c(-c4cc(C(C)(C)O)ccc4Oc4c(C)cc(F)cc4C)cn(C)c(=O)c3[nH]2)cc1OCCOCCOCCOCCOCCOCCOC. The maximum atomic E-state index is 14.3. The van der Waals surface area contributed by atoms with Crippen LogP contribution in [0.1, 0.15) is 48.0 Å². The number of fused-ring (bicyclic) bond motifs is 1. The van der Waals surface area contributed by atoms with Gasteiger partial charge in [0.2, 0.25) is 0 Å². The Bertz CT molecular complexity index is 2750. The molecule has 2 aromatic heterocycles. The van der Waals surface area contributed by atoms with Gasteiger partial charge in [0.05, 0.1) is 177 Å². The molecule has 0 aliphatic heterocycles. The second-order valence-electron chi connectivity index (χ2n) is 20.0. The van der Waals surface area contributed by atoms with E-state index >= 15 is 0 Å². The average molecular weight is 1230 g/mol. The summed E-state index contributed by atoms with van der Waals surface area (Å²) in [6, 6.07) is 14.6. The van der Waals surface area contributed by atoms with Gasteiger partial charge in [-0.3, -0.25) is 9.59 Å². The van der Waals surface area contributed by atoms with Gasteiger partial charge in [0.15, 0.2) is 11.5 Å². The number of nitrogens with zero attached hydrogens (tertiary/aromatic N) is 1. The van der Waals surface area contributed by atoms with Crippen LogP contribution in [0.15, 0.2) is 65.6 Å². The molecular weight excluding hydrogens is 1140 g/mol.